The zero-order valence-corrected chi connectivity index (χ0v) is 12.0. The van der Waals surface area contributed by atoms with E-state index in [9.17, 15) is 14.4 Å². The number of hydrogen-bond donors (Lipinski definition) is 2. The van der Waals surface area contributed by atoms with E-state index in [1.54, 1.807) is 23.1 Å². The van der Waals surface area contributed by atoms with Gasteiger partial charge in [0.05, 0.1) is 11.3 Å². The van der Waals surface area contributed by atoms with Crippen LogP contribution in [0, 0.1) is 0 Å². The van der Waals surface area contributed by atoms with Crippen molar-refractivity contribution in [3.05, 3.63) is 29.8 Å². The minimum absolute atomic E-state index is 0.0587. The van der Waals surface area contributed by atoms with Gasteiger partial charge in [0.1, 0.15) is 0 Å². The number of carbonyl (C=O) groups excluding carboxylic acids is 3. The lowest BCUT2D eigenvalue weighted by molar-refractivity contribution is -0.145. The first-order valence-corrected chi connectivity index (χ1v) is 7.01. The summed E-state index contributed by atoms with van der Waals surface area (Å²) in [5.74, 6) is -1.95. The summed E-state index contributed by atoms with van der Waals surface area (Å²) in [6.45, 7) is 2.52. The largest absolute Gasteiger partial charge is 0.366 e. The fourth-order valence-electron chi connectivity index (χ4n) is 2.51. The van der Waals surface area contributed by atoms with Crippen LogP contribution in [0.5, 0.6) is 0 Å². The smallest absolute Gasteiger partial charge is 0.313 e. The molecule has 1 saturated heterocycles. The van der Waals surface area contributed by atoms with Gasteiger partial charge < -0.3 is 16.0 Å². The molecule has 1 atom stereocenters. The van der Waals surface area contributed by atoms with Crippen molar-refractivity contribution < 1.29 is 14.4 Å². The van der Waals surface area contributed by atoms with Crippen LogP contribution in [0.15, 0.2) is 24.3 Å². The summed E-state index contributed by atoms with van der Waals surface area (Å²) in [6, 6.07) is 6.42. The first-order valence-electron chi connectivity index (χ1n) is 7.01. The fraction of sp³-hybridized carbons (Fsp3) is 0.400. The summed E-state index contributed by atoms with van der Waals surface area (Å²) in [5.41, 5.74) is 5.69. The van der Waals surface area contributed by atoms with Gasteiger partial charge in [-0.2, -0.15) is 0 Å². The summed E-state index contributed by atoms with van der Waals surface area (Å²) in [4.78, 5) is 37.1. The van der Waals surface area contributed by atoms with E-state index < -0.39 is 17.7 Å². The highest BCUT2D eigenvalue weighted by Crippen LogP contribution is 2.18. The van der Waals surface area contributed by atoms with E-state index in [0.717, 1.165) is 19.3 Å². The van der Waals surface area contributed by atoms with Crippen LogP contribution < -0.4 is 11.1 Å². The monoisotopic (exact) mass is 289 g/mol. The number of nitrogens with zero attached hydrogens (tertiary/aromatic N) is 1. The van der Waals surface area contributed by atoms with Gasteiger partial charge in [0.15, 0.2) is 0 Å². The zero-order chi connectivity index (χ0) is 15.4. The van der Waals surface area contributed by atoms with Gasteiger partial charge in [-0.1, -0.05) is 12.1 Å². The highest BCUT2D eigenvalue weighted by Gasteiger charge is 2.28. The third-order valence-corrected chi connectivity index (χ3v) is 3.70. The Bertz CT molecular complexity index is 571. The number of likely N-dealkylation sites (tertiary alicyclic amines) is 1. The van der Waals surface area contributed by atoms with Crippen molar-refractivity contribution in [3.63, 3.8) is 0 Å². The van der Waals surface area contributed by atoms with Gasteiger partial charge in [-0.25, -0.2) is 0 Å². The predicted molar refractivity (Wildman–Crippen MR) is 78.6 cm³/mol. The molecule has 1 heterocycles. The van der Waals surface area contributed by atoms with E-state index in [4.69, 9.17) is 5.73 Å². The Hall–Kier alpha value is -2.37. The first kappa shape index (κ1) is 15.0. The molecular formula is C15H19N3O3. The molecule has 0 radical (unpaired) electrons. The Labute approximate surface area is 123 Å². The molecule has 1 aliphatic heterocycles. The van der Waals surface area contributed by atoms with Crippen LogP contribution in [-0.4, -0.2) is 35.2 Å². The maximum absolute atomic E-state index is 12.2. The Morgan fingerprint density at radius 1 is 1.24 bits per heavy atom. The van der Waals surface area contributed by atoms with Crippen molar-refractivity contribution in [3.8, 4) is 0 Å². The summed E-state index contributed by atoms with van der Waals surface area (Å²) < 4.78 is 0. The van der Waals surface area contributed by atoms with E-state index in [1.807, 2.05) is 6.92 Å². The molecule has 0 aliphatic carbocycles. The van der Waals surface area contributed by atoms with Crippen LogP contribution in [0.1, 0.15) is 36.5 Å². The summed E-state index contributed by atoms with van der Waals surface area (Å²) in [5, 5.41) is 2.48. The number of para-hydroxylation sites is 1. The molecular weight excluding hydrogens is 270 g/mol. The number of benzene rings is 1. The topological polar surface area (TPSA) is 92.5 Å². The minimum Gasteiger partial charge on any atom is -0.366 e. The van der Waals surface area contributed by atoms with Crippen molar-refractivity contribution in [2.75, 3.05) is 11.9 Å². The average molecular weight is 289 g/mol. The number of rotatable bonds is 2. The Balaban J connectivity index is 2.11. The first-order chi connectivity index (χ1) is 10.0. The Morgan fingerprint density at radius 3 is 2.62 bits per heavy atom. The predicted octanol–water partition coefficient (Wildman–Crippen LogP) is 1.13. The molecule has 6 heteroatoms. The van der Waals surface area contributed by atoms with Crippen LogP contribution in [0.25, 0.3) is 0 Å². The second-order valence-corrected chi connectivity index (χ2v) is 5.21. The van der Waals surface area contributed by atoms with E-state index >= 15 is 0 Å². The fourth-order valence-corrected chi connectivity index (χ4v) is 2.51. The maximum atomic E-state index is 12.2. The van der Waals surface area contributed by atoms with Crippen molar-refractivity contribution in [2.24, 2.45) is 5.73 Å². The standard InChI is InChI=1S/C15H19N3O3/c1-10-6-4-5-9-18(10)15(21)14(20)17-12-8-3-2-7-11(12)13(16)19/h2-3,7-8,10H,4-6,9H2,1H3,(H2,16,19)(H,17,20). The number of nitrogens with two attached hydrogens (primary N) is 1. The highest BCUT2D eigenvalue weighted by molar-refractivity contribution is 6.40. The van der Waals surface area contributed by atoms with E-state index in [1.165, 1.54) is 6.07 Å². The number of anilines is 1. The highest BCUT2D eigenvalue weighted by atomic mass is 16.2. The maximum Gasteiger partial charge on any atom is 0.313 e. The molecule has 3 amide bonds. The van der Waals surface area contributed by atoms with Crippen LogP contribution in [0.3, 0.4) is 0 Å². The number of amides is 3. The molecule has 112 valence electrons. The van der Waals surface area contributed by atoms with E-state index in [0.29, 0.717) is 6.54 Å². The Kier molecular flexibility index (Phi) is 4.57. The zero-order valence-electron chi connectivity index (χ0n) is 12.0. The lowest BCUT2D eigenvalue weighted by atomic mass is 10.0. The Morgan fingerprint density at radius 2 is 1.95 bits per heavy atom. The van der Waals surface area contributed by atoms with Crippen LogP contribution in [0.2, 0.25) is 0 Å². The third-order valence-electron chi connectivity index (χ3n) is 3.70. The molecule has 1 aromatic carbocycles. The SMILES string of the molecule is CC1CCCCN1C(=O)C(=O)Nc1ccccc1C(N)=O. The van der Waals surface area contributed by atoms with Crippen molar-refractivity contribution in [1.29, 1.82) is 0 Å². The molecule has 0 spiro atoms. The number of primary amides is 1. The number of hydrogen-bond acceptors (Lipinski definition) is 3. The van der Waals surface area contributed by atoms with Crippen LogP contribution in [0.4, 0.5) is 5.69 Å². The lowest BCUT2D eigenvalue weighted by Gasteiger charge is -2.32. The summed E-state index contributed by atoms with van der Waals surface area (Å²) >= 11 is 0. The van der Waals surface area contributed by atoms with Gasteiger partial charge in [0, 0.05) is 12.6 Å². The van der Waals surface area contributed by atoms with Crippen LogP contribution >= 0.6 is 0 Å². The molecule has 1 unspecified atom stereocenters. The molecule has 0 aromatic heterocycles. The number of nitrogens with one attached hydrogen (secondary N) is 1. The van der Waals surface area contributed by atoms with Crippen LogP contribution in [-0.2, 0) is 9.59 Å². The van der Waals surface area contributed by atoms with Gasteiger partial charge in [-0.3, -0.25) is 14.4 Å². The van der Waals surface area contributed by atoms with Crippen molar-refractivity contribution in [1.82, 2.24) is 4.90 Å². The molecule has 1 aromatic rings. The summed E-state index contributed by atoms with van der Waals surface area (Å²) in [7, 11) is 0. The molecule has 3 N–H and O–H groups in total. The molecule has 0 bridgehead atoms. The molecule has 21 heavy (non-hydrogen) atoms. The van der Waals surface area contributed by atoms with E-state index in [2.05, 4.69) is 5.32 Å². The van der Waals surface area contributed by atoms with Gasteiger partial charge >= 0.3 is 11.8 Å². The van der Waals surface area contributed by atoms with Crippen molar-refractivity contribution in [2.45, 2.75) is 32.2 Å². The second-order valence-electron chi connectivity index (χ2n) is 5.21. The second kappa shape index (κ2) is 6.39. The van der Waals surface area contributed by atoms with Gasteiger partial charge in [0.25, 0.3) is 5.91 Å². The normalized spacial score (nSPS) is 18.1. The van der Waals surface area contributed by atoms with Gasteiger partial charge in [0.2, 0.25) is 0 Å². The average Bonchev–Trinajstić information content (AvgIpc) is 2.47. The van der Waals surface area contributed by atoms with E-state index in [-0.39, 0.29) is 17.3 Å². The lowest BCUT2D eigenvalue weighted by Crippen LogP contribution is -2.47. The number of piperidine rings is 1. The quantitative estimate of drug-likeness (QED) is 0.799. The molecule has 0 saturated carbocycles. The van der Waals surface area contributed by atoms with Gasteiger partial charge in [-0.05, 0) is 38.3 Å². The molecule has 2 rings (SSSR count). The third kappa shape index (κ3) is 3.39. The number of carbonyl (C=O) groups is 3. The molecule has 6 nitrogen and oxygen atoms in total. The molecule has 1 aliphatic rings. The molecule has 1 fully saturated rings. The summed E-state index contributed by atoms with van der Waals surface area (Å²) in [6.07, 6.45) is 2.87. The minimum atomic E-state index is -0.738. The van der Waals surface area contributed by atoms with Crippen molar-refractivity contribution >= 4 is 23.4 Å². The van der Waals surface area contributed by atoms with Gasteiger partial charge in [-0.15, -0.1) is 0 Å².